The molecule has 2 heteroatoms. The summed E-state index contributed by atoms with van der Waals surface area (Å²) >= 11 is 0. The van der Waals surface area contributed by atoms with Crippen molar-refractivity contribution in [3.05, 3.63) is 237 Å². The SMILES string of the molecule is c1ccc(-c2cccc(N(c3ccc(-c4ccc(-c5cccc6ccccc56)c(-c5ccccc5)c4)cc3)c3ccc(-c4cccc5c4oc4ccccc45)cc3)c2)cc1. The molecular weight excluding hydrogens is 727 g/mol. The zero-order valence-electron chi connectivity index (χ0n) is 32.9. The molecule has 10 aromatic carbocycles. The van der Waals surface area contributed by atoms with Gasteiger partial charge in [0, 0.05) is 33.4 Å². The van der Waals surface area contributed by atoms with Crippen molar-refractivity contribution in [2.45, 2.75) is 0 Å². The molecule has 0 saturated carbocycles. The van der Waals surface area contributed by atoms with Gasteiger partial charge >= 0.3 is 0 Å². The van der Waals surface area contributed by atoms with Crippen molar-refractivity contribution in [1.29, 1.82) is 0 Å². The number of benzene rings is 10. The minimum atomic E-state index is 0.904. The lowest BCUT2D eigenvalue weighted by atomic mass is 9.89. The van der Waals surface area contributed by atoms with Gasteiger partial charge in [-0.1, -0.05) is 188 Å². The maximum Gasteiger partial charge on any atom is 0.143 e. The van der Waals surface area contributed by atoms with E-state index in [1.807, 2.05) is 12.1 Å². The normalized spacial score (nSPS) is 11.3. The molecule has 1 aromatic heterocycles. The van der Waals surface area contributed by atoms with Gasteiger partial charge in [-0.2, -0.15) is 0 Å². The van der Waals surface area contributed by atoms with Crippen LogP contribution in [0, 0.1) is 0 Å². The Labute approximate surface area is 349 Å². The zero-order chi connectivity index (χ0) is 39.8. The first-order valence-corrected chi connectivity index (χ1v) is 20.5. The molecule has 11 aromatic rings. The molecule has 0 atom stereocenters. The maximum atomic E-state index is 6.43. The van der Waals surface area contributed by atoms with Crippen molar-refractivity contribution in [2.75, 3.05) is 4.90 Å². The van der Waals surface area contributed by atoms with Gasteiger partial charge in [0.1, 0.15) is 11.2 Å². The standard InChI is InChI=1S/C58H39NO/c1-3-14-40(15-4-1)45-20-11-21-49(38-45)59(48-35-30-44(31-36-48)51-24-13-26-55-54-23-9-10-27-57(54)60-58(51)55)47-33-28-41(29-34-47)46-32-37-53(56(39-46)43-16-5-2-6-17-43)52-25-12-19-42-18-7-8-22-50(42)52/h1-39H. The fourth-order valence-corrected chi connectivity index (χ4v) is 8.75. The molecular formula is C58H39NO. The highest BCUT2D eigenvalue weighted by Gasteiger charge is 2.17. The van der Waals surface area contributed by atoms with Gasteiger partial charge in [0.2, 0.25) is 0 Å². The highest BCUT2D eigenvalue weighted by atomic mass is 16.3. The third-order valence-corrected chi connectivity index (χ3v) is 11.7. The van der Waals surface area contributed by atoms with Crippen LogP contribution in [0.15, 0.2) is 241 Å². The van der Waals surface area contributed by atoms with Crippen molar-refractivity contribution in [3.63, 3.8) is 0 Å². The van der Waals surface area contributed by atoms with Crippen LogP contribution in [0.1, 0.15) is 0 Å². The first kappa shape index (κ1) is 35.2. The van der Waals surface area contributed by atoms with Crippen LogP contribution in [0.3, 0.4) is 0 Å². The summed E-state index contributed by atoms with van der Waals surface area (Å²) in [6.45, 7) is 0. The molecule has 0 saturated heterocycles. The van der Waals surface area contributed by atoms with E-state index in [1.165, 1.54) is 49.7 Å². The first-order chi connectivity index (χ1) is 29.7. The molecule has 11 rings (SSSR count). The lowest BCUT2D eigenvalue weighted by Gasteiger charge is -2.26. The molecule has 0 bridgehead atoms. The van der Waals surface area contributed by atoms with Gasteiger partial charge in [0.05, 0.1) is 0 Å². The summed E-state index contributed by atoms with van der Waals surface area (Å²) in [4.78, 5) is 2.35. The van der Waals surface area contributed by atoms with E-state index < -0.39 is 0 Å². The quantitative estimate of drug-likeness (QED) is 0.153. The highest BCUT2D eigenvalue weighted by Crippen LogP contribution is 2.42. The summed E-state index contributed by atoms with van der Waals surface area (Å²) in [5, 5.41) is 4.76. The van der Waals surface area contributed by atoms with Gasteiger partial charge < -0.3 is 9.32 Å². The Hall–Kier alpha value is -7.94. The van der Waals surface area contributed by atoms with Gasteiger partial charge in [-0.05, 0) is 109 Å². The van der Waals surface area contributed by atoms with Crippen LogP contribution in [0.5, 0.6) is 0 Å². The van der Waals surface area contributed by atoms with Crippen LogP contribution in [-0.2, 0) is 0 Å². The molecule has 0 N–H and O–H groups in total. The second-order valence-corrected chi connectivity index (χ2v) is 15.3. The maximum absolute atomic E-state index is 6.43. The van der Waals surface area contributed by atoms with Gasteiger partial charge in [0.25, 0.3) is 0 Å². The minimum absolute atomic E-state index is 0.904. The van der Waals surface area contributed by atoms with Crippen LogP contribution in [0.2, 0.25) is 0 Å². The van der Waals surface area contributed by atoms with Crippen LogP contribution in [0.4, 0.5) is 17.1 Å². The van der Waals surface area contributed by atoms with Crippen LogP contribution in [0.25, 0.3) is 88.3 Å². The summed E-state index contributed by atoms with van der Waals surface area (Å²) in [6, 6.07) is 84.8. The molecule has 0 spiro atoms. The number of rotatable bonds is 8. The van der Waals surface area contributed by atoms with Crippen molar-refractivity contribution < 1.29 is 4.42 Å². The Bertz CT molecular complexity index is 3290. The van der Waals surface area contributed by atoms with Crippen LogP contribution in [-0.4, -0.2) is 0 Å². The molecule has 60 heavy (non-hydrogen) atoms. The predicted molar refractivity (Wildman–Crippen MR) is 253 cm³/mol. The molecule has 0 amide bonds. The Morgan fingerprint density at radius 2 is 0.783 bits per heavy atom. The van der Waals surface area contributed by atoms with E-state index in [-0.39, 0.29) is 0 Å². The van der Waals surface area contributed by atoms with E-state index in [2.05, 4.69) is 229 Å². The Morgan fingerprint density at radius 3 is 1.57 bits per heavy atom. The fourth-order valence-electron chi connectivity index (χ4n) is 8.75. The molecule has 0 fully saturated rings. The molecule has 2 nitrogen and oxygen atoms in total. The summed E-state index contributed by atoms with van der Waals surface area (Å²) in [5.41, 5.74) is 16.8. The predicted octanol–water partition coefficient (Wildman–Crippen LogP) is 16.5. The van der Waals surface area contributed by atoms with E-state index in [9.17, 15) is 0 Å². The summed E-state index contributed by atoms with van der Waals surface area (Å²) in [6.07, 6.45) is 0. The highest BCUT2D eigenvalue weighted by molar-refractivity contribution is 6.09. The average molecular weight is 766 g/mol. The minimum Gasteiger partial charge on any atom is -0.455 e. The third-order valence-electron chi connectivity index (χ3n) is 11.7. The second-order valence-electron chi connectivity index (χ2n) is 15.3. The zero-order valence-corrected chi connectivity index (χ0v) is 32.9. The number of hydrogen-bond donors (Lipinski definition) is 0. The molecule has 0 aliphatic rings. The third kappa shape index (κ3) is 6.41. The largest absolute Gasteiger partial charge is 0.455 e. The van der Waals surface area contributed by atoms with E-state index in [0.29, 0.717) is 0 Å². The molecule has 0 aliphatic heterocycles. The smallest absolute Gasteiger partial charge is 0.143 e. The average Bonchev–Trinajstić information content (AvgIpc) is 3.72. The van der Waals surface area contributed by atoms with Crippen molar-refractivity contribution in [3.8, 4) is 55.6 Å². The van der Waals surface area contributed by atoms with Crippen molar-refractivity contribution >= 4 is 49.8 Å². The number of fused-ring (bicyclic) bond motifs is 4. The van der Waals surface area contributed by atoms with Crippen LogP contribution < -0.4 is 4.90 Å². The number of furan rings is 1. The monoisotopic (exact) mass is 765 g/mol. The summed E-state index contributed by atoms with van der Waals surface area (Å²) < 4.78 is 6.43. The number of hydrogen-bond acceptors (Lipinski definition) is 2. The summed E-state index contributed by atoms with van der Waals surface area (Å²) in [5.74, 6) is 0. The van der Waals surface area contributed by atoms with Crippen molar-refractivity contribution in [2.24, 2.45) is 0 Å². The molecule has 282 valence electrons. The number of anilines is 3. The Balaban J connectivity index is 0.997. The Morgan fingerprint density at radius 1 is 0.267 bits per heavy atom. The topological polar surface area (TPSA) is 16.4 Å². The lowest BCUT2D eigenvalue weighted by molar-refractivity contribution is 0.670. The van der Waals surface area contributed by atoms with Gasteiger partial charge in [0.15, 0.2) is 0 Å². The van der Waals surface area contributed by atoms with E-state index in [4.69, 9.17) is 4.42 Å². The lowest BCUT2D eigenvalue weighted by Crippen LogP contribution is -2.10. The molecule has 1 heterocycles. The van der Waals surface area contributed by atoms with E-state index >= 15 is 0 Å². The van der Waals surface area contributed by atoms with Gasteiger partial charge in [-0.25, -0.2) is 0 Å². The molecule has 0 aliphatic carbocycles. The summed E-state index contributed by atoms with van der Waals surface area (Å²) in [7, 11) is 0. The molecule has 0 radical (unpaired) electrons. The van der Waals surface area contributed by atoms with Crippen LogP contribution >= 0.6 is 0 Å². The van der Waals surface area contributed by atoms with E-state index in [0.717, 1.165) is 55.7 Å². The fraction of sp³-hybridized carbons (Fsp3) is 0. The number of para-hydroxylation sites is 2. The van der Waals surface area contributed by atoms with Crippen molar-refractivity contribution in [1.82, 2.24) is 0 Å². The Kier molecular flexibility index (Phi) is 8.87. The second kappa shape index (κ2) is 15.1. The van der Waals surface area contributed by atoms with Gasteiger partial charge in [-0.15, -0.1) is 0 Å². The van der Waals surface area contributed by atoms with Gasteiger partial charge in [-0.3, -0.25) is 0 Å². The first-order valence-electron chi connectivity index (χ1n) is 20.5. The van der Waals surface area contributed by atoms with E-state index in [1.54, 1.807) is 0 Å². The molecule has 0 unspecified atom stereocenters. The number of nitrogens with zero attached hydrogens (tertiary/aromatic N) is 1.